The van der Waals surface area contributed by atoms with Gasteiger partial charge in [-0.1, -0.05) is 0 Å². The molecule has 0 unspecified atom stereocenters. The Balaban J connectivity index is 1.67. The van der Waals surface area contributed by atoms with Gasteiger partial charge in [-0.25, -0.2) is 0 Å². The van der Waals surface area contributed by atoms with E-state index in [-0.39, 0.29) is 6.10 Å². The molecular weight excluding hydrogens is 316 g/mol. The van der Waals surface area contributed by atoms with Gasteiger partial charge in [0.2, 0.25) is 0 Å². The summed E-state index contributed by atoms with van der Waals surface area (Å²) in [5, 5.41) is 4.55. The number of ether oxygens (including phenoxy) is 2. The van der Waals surface area contributed by atoms with Gasteiger partial charge in [-0.15, -0.1) is 0 Å². The molecule has 1 fully saturated rings. The van der Waals surface area contributed by atoms with Crippen molar-refractivity contribution in [3.8, 4) is 5.75 Å². The minimum Gasteiger partial charge on any atom is -0.496 e. The summed E-state index contributed by atoms with van der Waals surface area (Å²) in [4.78, 5) is 7.03. The number of hydrogen-bond donors (Lipinski definition) is 0. The number of morpholine rings is 1. The molecule has 136 valence electrons. The molecule has 0 saturated carbocycles. The molecule has 6 heteroatoms. The molecule has 0 radical (unpaired) electrons. The van der Waals surface area contributed by atoms with E-state index < -0.39 is 0 Å². The van der Waals surface area contributed by atoms with E-state index in [0.717, 1.165) is 61.1 Å². The van der Waals surface area contributed by atoms with Gasteiger partial charge >= 0.3 is 0 Å². The standard InChI is InChI=1S/C19H28N4O2/c1-13-9-20-18(16(4)19(13)24-5)12-22-6-7-25-17(10-22)11-23-15(3)8-14(2)21-23/h8-9,17H,6-7,10-12H2,1-5H3/t17-/m1/s1. The summed E-state index contributed by atoms with van der Waals surface area (Å²) < 4.78 is 13.5. The van der Waals surface area contributed by atoms with Crippen molar-refractivity contribution in [3.05, 3.63) is 40.5 Å². The van der Waals surface area contributed by atoms with Crippen molar-refractivity contribution >= 4 is 0 Å². The van der Waals surface area contributed by atoms with Crippen LogP contribution in [-0.2, 0) is 17.8 Å². The molecule has 25 heavy (non-hydrogen) atoms. The first-order valence-electron chi connectivity index (χ1n) is 8.82. The van der Waals surface area contributed by atoms with E-state index in [1.807, 2.05) is 24.7 Å². The number of pyridine rings is 1. The lowest BCUT2D eigenvalue weighted by Crippen LogP contribution is -2.44. The first-order valence-corrected chi connectivity index (χ1v) is 8.82. The van der Waals surface area contributed by atoms with Gasteiger partial charge in [-0.3, -0.25) is 14.6 Å². The van der Waals surface area contributed by atoms with Crippen molar-refractivity contribution in [2.24, 2.45) is 0 Å². The van der Waals surface area contributed by atoms with Crippen LogP contribution in [0.1, 0.15) is 28.2 Å². The molecule has 0 N–H and O–H groups in total. The van der Waals surface area contributed by atoms with E-state index in [1.165, 1.54) is 5.69 Å². The fraction of sp³-hybridized carbons (Fsp3) is 0.579. The maximum Gasteiger partial charge on any atom is 0.128 e. The fourth-order valence-corrected chi connectivity index (χ4v) is 3.53. The van der Waals surface area contributed by atoms with E-state index in [4.69, 9.17) is 9.47 Å². The zero-order valence-corrected chi connectivity index (χ0v) is 15.9. The molecular formula is C19H28N4O2. The molecule has 6 nitrogen and oxygen atoms in total. The Morgan fingerprint density at radius 3 is 2.76 bits per heavy atom. The number of aryl methyl sites for hydroxylation is 3. The van der Waals surface area contributed by atoms with Gasteiger partial charge in [-0.05, 0) is 33.8 Å². The van der Waals surface area contributed by atoms with Crippen LogP contribution in [0.4, 0.5) is 0 Å². The SMILES string of the molecule is COc1c(C)cnc(CN2CCO[C@@H](Cn3nc(C)cc3C)C2)c1C. The van der Waals surface area contributed by atoms with Crippen molar-refractivity contribution in [2.45, 2.75) is 46.9 Å². The smallest absolute Gasteiger partial charge is 0.128 e. The number of hydrogen-bond acceptors (Lipinski definition) is 5. The number of nitrogens with zero attached hydrogens (tertiary/aromatic N) is 4. The summed E-state index contributed by atoms with van der Waals surface area (Å²) in [7, 11) is 1.72. The molecule has 1 saturated heterocycles. The minimum atomic E-state index is 0.152. The summed E-state index contributed by atoms with van der Waals surface area (Å²) in [5.74, 6) is 0.942. The highest BCUT2D eigenvalue weighted by atomic mass is 16.5. The highest BCUT2D eigenvalue weighted by Gasteiger charge is 2.23. The van der Waals surface area contributed by atoms with Crippen LogP contribution in [0.5, 0.6) is 5.75 Å². The maximum atomic E-state index is 5.96. The summed E-state index contributed by atoms with van der Waals surface area (Å²) in [5.41, 5.74) is 5.52. The van der Waals surface area contributed by atoms with Gasteiger partial charge < -0.3 is 9.47 Å². The third-order valence-electron chi connectivity index (χ3n) is 4.83. The Kier molecular flexibility index (Phi) is 5.39. The average Bonchev–Trinajstić information content (AvgIpc) is 2.88. The quantitative estimate of drug-likeness (QED) is 0.834. The minimum absolute atomic E-state index is 0.152. The first-order chi connectivity index (χ1) is 12.0. The maximum absolute atomic E-state index is 5.96. The first kappa shape index (κ1) is 17.9. The van der Waals surface area contributed by atoms with Gasteiger partial charge in [-0.2, -0.15) is 5.10 Å². The molecule has 0 spiro atoms. The van der Waals surface area contributed by atoms with Gasteiger partial charge in [0.05, 0.1) is 37.8 Å². The average molecular weight is 344 g/mol. The summed E-state index contributed by atoms with van der Waals surface area (Å²) in [6, 6.07) is 2.10. The van der Waals surface area contributed by atoms with E-state index in [9.17, 15) is 0 Å². The van der Waals surface area contributed by atoms with Crippen LogP contribution in [0.2, 0.25) is 0 Å². The lowest BCUT2D eigenvalue weighted by molar-refractivity contribution is -0.0408. The Bertz CT molecular complexity index is 741. The third-order valence-corrected chi connectivity index (χ3v) is 4.83. The molecule has 0 amide bonds. The molecule has 1 atom stereocenters. The van der Waals surface area contributed by atoms with Crippen molar-refractivity contribution in [2.75, 3.05) is 26.8 Å². The van der Waals surface area contributed by atoms with Gasteiger partial charge in [0, 0.05) is 42.7 Å². The zero-order valence-electron chi connectivity index (χ0n) is 15.9. The second-order valence-electron chi connectivity index (χ2n) is 6.88. The molecule has 1 aliphatic heterocycles. The Hall–Kier alpha value is -1.92. The van der Waals surface area contributed by atoms with Gasteiger partial charge in [0.25, 0.3) is 0 Å². The van der Waals surface area contributed by atoms with Crippen LogP contribution >= 0.6 is 0 Å². The molecule has 2 aromatic heterocycles. The highest BCUT2D eigenvalue weighted by Crippen LogP contribution is 2.25. The second kappa shape index (κ2) is 7.54. The Morgan fingerprint density at radius 1 is 1.28 bits per heavy atom. The molecule has 3 heterocycles. The summed E-state index contributed by atoms with van der Waals surface area (Å²) >= 11 is 0. The van der Waals surface area contributed by atoms with E-state index >= 15 is 0 Å². The van der Waals surface area contributed by atoms with E-state index in [0.29, 0.717) is 0 Å². The normalized spacial score (nSPS) is 18.5. The van der Waals surface area contributed by atoms with Crippen molar-refractivity contribution in [1.29, 1.82) is 0 Å². The van der Waals surface area contributed by atoms with Crippen LogP contribution in [-0.4, -0.2) is 52.6 Å². The Labute approximate surface area is 149 Å². The monoisotopic (exact) mass is 344 g/mol. The number of aromatic nitrogens is 3. The zero-order chi connectivity index (χ0) is 18.0. The van der Waals surface area contributed by atoms with Crippen LogP contribution in [0.3, 0.4) is 0 Å². The van der Waals surface area contributed by atoms with Crippen molar-refractivity contribution in [1.82, 2.24) is 19.7 Å². The third kappa shape index (κ3) is 4.02. The van der Waals surface area contributed by atoms with Crippen molar-refractivity contribution in [3.63, 3.8) is 0 Å². The fourth-order valence-electron chi connectivity index (χ4n) is 3.53. The molecule has 1 aliphatic rings. The molecule has 0 bridgehead atoms. The van der Waals surface area contributed by atoms with Crippen LogP contribution < -0.4 is 4.74 Å². The molecule has 3 rings (SSSR count). The van der Waals surface area contributed by atoms with Crippen molar-refractivity contribution < 1.29 is 9.47 Å². The largest absolute Gasteiger partial charge is 0.496 e. The predicted molar refractivity (Wildman–Crippen MR) is 97.0 cm³/mol. The van der Waals surface area contributed by atoms with Gasteiger partial charge in [0.1, 0.15) is 5.75 Å². The predicted octanol–water partition coefficient (Wildman–Crippen LogP) is 2.42. The van der Waals surface area contributed by atoms with E-state index in [1.54, 1.807) is 7.11 Å². The highest BCUT2D eigenvalue weighted by molar-refractivity contribution is 5.41. The second-order valence-corrected chi connectivity index (χ2v) is 6.88. The summed E-state index contributed by atoms with van der Waals surface area (Å²) in [6.07, 6.45) is 2.05. The van der Waals surface area contributed by atoms with Crippen LogP contribution in [0.25, 0.3) is 0 Å². The van der Waals surface area contributed by atoms with Crippen LogP contribution in [0.15, 0.2) is 12.3 Å². The van der Waals surface area contributed by atoms with E-state index in [2.05, 4.69) is 34.9 Å². The topological polar surface area (TPSA) is 52.4 Å². The lowest BCUT2D eigenvalue weighted by atomic mass is 10.1. The van der Waals surface area contributed by atoms with Crippen LogP contribution in [0, 0.1) is 27.7 Å². The number of rotatable bonds is 5. The molecule has 0 aliphatic carbocycles. The lowest BCUT2D eigenvalue weighted by Gasteiger charge is -2.33. The molecule has 0 aromatic carbocycles. The molecule has 2 aromatic rings. The Morgan fingerprint density at radius 2 is 2.08 bits per heavy atom. The summed E-state index contributed by atoms with van der Waals surface area (Å²) in [6.45, 7) is 12.4. The van der Waals surface area contributed by atoms with Gasteiger partial charge in [0.15, 0.2) is 0 Å². The number of methoxy groups -OCH3 is 1.